The molecule has 1 N–H and O–H groups in total. The molecule has 3 aromatic carbocycles. The first kappa shape index (κ1) is 23.2. The molecule has 1 amide bonds. The Balaban J connectivity index is 1.69. The molecule has 0 aromatic heterocycles. The molecule has 1 unspecified atom stereocenters. The molecule has 0 spiro atoms. The van der Waals surface area contributed by atoms with Gasteiger partial charge in [0.2, 0.25) is 0 Å². The van der Waals surface area contributed by atoms with Gasteiger partial charge in [-0.25, -0.2) is 0 Å². The number of Topliss-reactive ketones (excluding diaryl/α,β-unsaturated/α-hetero) is 1. The minimum Gasteiger partial charge on any atom is -0.507 e. The first-order valence-electron chi connectivity index (χ1n) is 11.4. The number of amides is 1. The van der Waals surface area contributed by atoms with E-state index >= 15 is 0 Å². The maximum absolute atomic E-state index is 13.4. The summed E-state index contributed by atoms with van der Waals surface area (Å²) in [4.78, 5) is 28.2. The Morgan fingerprint density at radius 1 is 1.00 bits per heavy atom. The molecule has 5 rings (SSSR count). The van der Waals surface area contributed by atoms with Crippen LogP contribution >= 0.6 is 15.9 Å². The van der Waals surface area contributed by atoms with Gasteiger partial charge >= 0.3 is 0 Å². The van der Waals surface area contributed by atoms with Crippen molar-refractivity contribution in [2.45, 2.75) is 26.3 Å². The maximum Gasteiger partial charge on any atom is 0.300 e. The van der Waals surface area contributed by atoms with Crippen LogP contribution in [0.1, 0.15) is 35.2 Å². The van der Waals surface area contributed by atoms with Crippen LogP contribution in [0.25, 0.3) is 5.76 Å². The second-order valence-corrected chi connectivity index (χ2v) is 9.41. The van der Waals surface area contributed by atoms with Gasteiger partial charge in [0.05, 0.1) is 11.6 Å². The van der Waals surface area contributed by atoms with Crippen molar-refractivity contribution in [2.75, 3.05) is 18.1 Å². The molecule has 2 aliphatic rings. The molecule has 0 bridgehead atoms. The quantitative estimate of drug-likeness (QED) is 0.263. The lowest BCUT2D eigenvalue weighted by atomic mass is 9.94. The van der Waals surface area contributed by atoms with Gasteiger partial charge in [-0.3, -0.25) is 14.5 Å². The number of rotatable bonds is 4. The highest BCUT2D eigenvalue weighted by atomic mass is 79.9. The monoisotopic (exact) mass is 533 g/mol. The van der Waals surface area contributed by atoms with Gasteiger partial charge in [0, 0.05) is 21.8 Å². The number of ether oxygens (including phenoxy) is 2. The summed E-state index contributed by atoms with van der Waals surface area (Å²) in [7, 11) is 0. The van der Waals surface area contributed by atoms with Gasteiger partial charge in [-0.2, -0.15) is 0 Å². The van der Waals surface area contributed by atoms with Crippen LogP contribution in [0, 0.1) is 6.92 Å². The van der Waals surface area contributed by atoms with Crippen LogP contribution in [0.5, 0.6) is 11.5 Å². The average Bonchev–Trinajstić information content (AvgIpc) is 3.15. The summed E-state index contributed by atoms with van der Waals surface area (Å²) in [6, 6.07) is 17.5. The second kappa shape index (κ2) is 9.23. The number of hydrogen-bond donors (Lipinski definition) is 1. The molecule has 2 heterocycles. The van der Waals surface area contributed by atoms with Gasteiger partial charge in [-0.1, -0.05) is 53.2 Å². The van der Waals surface area contributed by atoms with E-state index in [1.807, 2.05) is 37.3 Å². The smallest absolute Gasteiger partial charge is 0.300 e. The third kappa shape index (κ3) is 4.10. The van der Waals surface area contributed by atoms with Crippen LogP contribution in [0.3, 0.4) is 0 Å². The lowest BCUT2D eigenvalue weighted by Crippen LogP contribution is -2.29. The molecule has 6 nitrogen and oxygen atoms in total. The van der Waals surface area contributed by atoms with E-state index in [4.69, 9.17) is 9.47 Å². The number of carbonyl (C=O) groups excluding carboxylic acids is 2. The molecule has 3 aromatic rings. The summed E-state index contributed by atoms with van der Waals surface area (Å²) < 4.78 is 12.2. The molecule has 2 aliphatic heterocycles. The summed E-state index contributed by atoms with van der Waals surface area (Å²) in [5, 5.41) is 11.3. The first-order chi connectivity index (χ1) is 16.9. The third-order valence-corrected chi connectivity index (χ3v) is 7.27. The van der Waals surface area contributed by atoms with Crippen molar-refractivity contribution in [2.24, 2.45) is 0 Å². The normalized spacial score (nSPS) is 18.7. The largest absolute Gasteiger partial charge is 0.507 e. The average molecular weight is 534 g/mol. The Hall–Kier alpha value is -3.58. The number of aryl methyl sites for hydroxylation is 2. The predicted molar refractivity (Wildman–Crippen MR) is 137 cm³/mol. The summed E-state index contributed by atoms with van der Waals surface area (Å²) in [6.45, 7) is 4.81. The third-order valence-electron chi connectivity index (χ3n) is 6.38. The molecular weight excluding hydrogens is 510 g/mol. The van der Waals surface area contributed by atoms with Crippen molar-refractivity contribution in [1.82, 2.24) is 0 Å². The zero-order valence-electron chi connectivity index (χ0n) is 19.4. The van der Waals surface area contributed by atoms with Crippen LogP contribution in [0.2, 0.25) is 0 Å². The van der Waals surface area contributed by atoms with Crippen molar-refractivity contribution < 1.29 is 24.2 Å². The first-order valence-corrected chi connectivity index (χ1v) is 12.2. The van der Waals surface area contributed by atoms with Crippen molar-refractivity contribution in [3.05, 3.63) is 93.0 Å². The molecule has 0 aliphatic carbocycles. The van der Waals surface area contributed by atoms with Crippen LogP contribution in [0.4, 0.5) is 5.69 Å². The van der Waals surface area contributed by atoms with E-state index in [1.54, 1.807) is 30.3 Å². The van der Waals surface area contributed by atoms with E-state index in [-0.39, 0.29) is 11.3 Å². The van der Waals surface area contributed by atoms with E-state index in [0.717, 1.165) is 27.6 Å². The lowest BCUT2D eigenvalue weighted by molar-refractivity contribution is -0.132. The van der Waals surface area contributed by atoms with Crippen LogP contribution < -0.4 is 14.4 Å². The standard InChI is InChI=1S/C28H24BrNO5/c1-3-17-4-6-18(7-5-17)25-24(26(31)19-8-10-21(29)16(2)14-19)27(32)28(33)30(25)20-9-11-22-23(15-20)35-13-12-34-22/h4-11,14-15,25,31H,3,12-13H2,1-2H3/b26-24+. The van der Waals surface area contributed by atoms with Crippen molar-refractivity contribution in [1.29, 1.82) is 0 Å². The Labute approximate surface area is 211 Å². The molecule has 0 radical (unpaired) electrons. The number of ketones is 1. The second-order valence-electron chi connectivity index (χ2n) is 8.56. The van der Waals surface area contributed by atoms with E-state index in [9.17, 15) is 14.7 Å². The fraction of sp³-hybridized carbons (Fsp3) is 0.214. The Kier molecular flexibility index (Phi) is 6.11. The Morgan fingerprint density at radius 3 is 2.40 bits per heavy atom. The van der Waals surface area contributed by atoms with Crippen molar-refractivity contribution >= 4 is 39.1 Å². The lowest BCUT2D eigenvalue weighted by Gasteiger charge is -2.27. The van der Waals surface area contributed by atoms with E-state index in [2.05, 4.69) is 22.9 Å². The number of aliphatic hydroxyl groups excluding tert-OH is 1. The highest BCUT2D eigenvalue weighted by Crippen LogP contribution is 2.44. The number of carbonyl (C=O) groups is 2. The molecule has 1 saturated heterocycles. The van der Waals surface area contributed by atoms with Crippen LogP contribution in [-0.4, -0.2) is 30.0 Å². The summed E-state index contributed by atoms with van der Waals surface area (Å²) in [6.07, 6.45) is 0.862. The number of anilines is 1. The number of fused-ring (bicyclic) bond motifs is 1. The highest BCUT2D eigenvalue weighted by Gasteiger charge is 2.47. The topological polar surface area (TPSA) is 76.1 Å². The van der Waals surface area contributed by atoms with Gasteiger partial charge in [0.1, 0.15) is 19.0 Å². The predicted octanol–water partition coefficient (Wildman–Crippen LogP) is 5.72. The molecule has 1 fully saturated rings. The SMILES string of the molecule is CCc1ccc(C2/C(=C(\O)c3ccc(Br)c(C)c3)C(=O)C(=O)N2c2ccc3c(c2)OCCO3)cc1. The minimum absolute atomic E-state index is 0.0517. The number of aliphatic hydroxyl groups is 1. The number of benzene rings is 3. The molecule has 35 heavy (non-hydrogen) atoms. The zero-order chi connectivity index (χ0) is 24.7. The Morgan fingerprint density at radius 2 is 1.71 bits per heavy atom. The molecule has 0 saturated carbocycles. The fourth-order valence-electron chi connectivity index (χ4n) is 4.48. The van der Waals surface area contributed by atoms with Gasteiger partial charge in [-0.15, -0.1) is 0 Å². The minimum atomic E-state index is -0.799. The van der Waals surface area contributed by atoms with Crippen LogP contribution in [0.15, 0.2) is 70.7 Å². The molecule has 7 heteroatoms. The van der Waals surface area contributed by atoms with Crippen molar-refractivity contribution in [3.8, 4) is 11.5 Å². The summed E-state index contributed by atoms with van der Waals surface area (Å²) in [5.74, 6) is -0.544. The molecule has 178 valence electrons. The van der Waals surface area contributed by atoms with Gasteiger partial charge in [-0.05, 0) is 54.3 Å². The maximum atomic E-state index is 13.4. The highest BCUT2D eigenvalue weighted by molar-refractivity contribution is 9.10. The van der Waals surface area contributed by atoms with Gasteiger partial charge in [0.25, 0.3) is 11.7 Å². The summed E-state index contributed by atoms with van der Waals surface area (Å²) in [5.41, 5.74) is 3.78. The van der Waals surface area contributed by atoms with E-state index in [0.29, 0.717) is 36.0 Å². The Bertz CT molecular complexity index is 1360. The van der Waals surface area contributed by atoms with E-state index < -0.39 is 17.7 Å². The number of nitrogens with zero attached hydrogens (tertiary/aromatic N) is 1. The molecule has 1 atom stereocenters. The van der Waals surface area contributed by atoms with Gasteiger partial charge < -0.3 is 14.6 Å². The van der Waals surface area contributed by atoms with Gasteiger partial charge in [0.15, 0.2) is 11.5 Å². The fourth-order valence-corrected chi connectivity index (χ4v) is 4.73. The van der Waals surface area contributed by atoms with E-state index in [1.165, 1.54) is 4.90 Å². The number of halogens is 1. The van der Waals surface area contributed by atoms with Crippen LogP contribution in [-0.2, 0) is 16.0 Å². The molecular formula is C28H24BrNO5. The van der Waals surface area contributed by atoms with Crippen molar-refractivity contribution in [3.63, 3.8) is 0 Å². The zero-order valence-corrected chi connectivity index (χ0v) is 21.0. The summed E-state index contributed by atoms with van der Waals surface area (Å²) >= 11 is 3.47. The number of hydrogen-bond acceptors (Lipinski definition) is 5.